The fourth-order valence-corrected chi connectivity index (χ4v) is 1.72. The van der Waals surface area contributed by atoms with Crippen LogP contribution in [0.5, 0.6) is 5.75 Å². The van der Waals surface area contributed by atoms with Crippen molar-refractivity contribution in [2.75, 3.05) is 18.6 Å². The van der Waals surface area contributed by atoms with Gasteiger partial charge in [-0.05, 0) is 24.6 Å². The van der Waals surface area contributed by atoms with Crippen LogP contribution in [0.4, 0.5) is 5.69 Å². The van der Waals surface area contributed by atoms with Gasteiger partial charge in [-0.1, -0.05) is 6.07 Å². The van der Waals surface area contributed by atoms with E-state index in [9.17, 15) is 9.59 Å². The van der Waals surface area contributed by atoms with E-state index < -0.39 is 0 Å². The van der Waals surface area contributed by atoms with Crippen molar-refractivity contribution < 1.29 is 14.3 Å². The predicted octanol–water partition coefficient (Wildman–Crippen LogP) is 1.17. The van der Waals surface area contributed by atoms with Crippen molar-refractivity contribution in [3.05, 3.63) is 23.8 Å². The van der Waals surface area contributed by atoms with Crippen molar-refractivity contribution in [3.8, 4) is 5.75 Å². The zero-order chi connectivity index (χ0) is 11.7. The lowest BCUT2D eigenvalue weighted by atomic mass is 10.1. The Hall–Kier alpha value is -1.84. The molecule has 0 bridgehead atoms. The van der Waals surface area contributed by atoms with Crippen LogP contribution in [0.3, 0.4) is 0 Å². The number of Topliss-reactive ketones (excluding diaryl/α,β-unsaturated/α-hetero) is 1. The molecule has 0 aliphatic carbocycles. The molecule has 1 aromatic rings. The topological polar surface area (TPSA) is 46.6 Å². The predicted molar refractivity (Wildman–Crippen MR) is 59.7 cm³/mol. The molecule has 0 unspecified atom stereocenters. The van der Waals surface area contributed by atoms with Gasteiger partial charge < -0.3 is 9.64 Å². The van der Waals surface area contributed by atoms with E-state index in [2.05, 4.69) is 0 Å². The molecule has 4 nitrogen and oxygen atoms in total. The van der Waals surface area contributed by atoms with Crippen LogP contribution in [0.1, 0.15) is 12.5 Å². The fourth-order valence-electron chi connectivity index (χ4n) is 1.72. The van der Waals surface area contributed by atoms with E-state index >= 15 is 0 Å². The Kier molecular flexibility index (Phi) is 2.64. The van der Waals surface area contributed by atoms with Gasteiger partial charge in [-0.25, -0.2) is 0 Å². The Bertz CT molecular complexity index is 454. The smallest absolute Gasteiger partial charge is 0.264 e. The summed E-state index contributed by atoms with van der Waals surface area (Å²) in [5.74, 6) is 0.715. The number of ketones is 1. The van der Waals surface area contributed by atoms with Crippen LogP contribution in [0, 0.1) is 0 Å². The Morgan fingerprint density at radius 3 is 2.94 bits per heavy atom. The first-order chi connectivity index (χ1) is 7.58. The second-order valence-electron chi connectivity index (χ2n) is 3.92. The number of ether oxygens (including phenoxy) is 1. The average Bonchev–Trinajstić information content (AvgIpc) is 2.23. The quantitative estimate of drug-likeness (QED) is 0.750. The summed E-state index contributed by atoms with van der Waals surface area (Å²) in [5, 5.41) is 0. The van der Waals surface area contributed by atoms with Gasteiger partial charge >= 0.3 is 0 Å². The zero-order valence-electron chi connectivity index (χ0n) is 9.32. The molecule has 0 saturated carbocycles. The van der Waals surface area contributed by atoms with Crippen molar-refractivity contribution in [3.63, 3.8) is 0 Å². The monoisotopic (exact) mass is 219 g/mol. The number of hydrogen-bond acceptors (Lipinski definition) is 3. The number of anilines is 1. The fraction of sp³-hybridized carbons (Fsp3) is 0.333. The van der Waals surface area contributed by atoms with Crippen molar-refractivity contribution in [1.82, 2.24) is 0 Å². The van der Waals surface area contributed by atoms with E-state index in [0.717, 1.165) is 11.3 Å². The minimum Gasteiger partial charge on any atom is -0.482 e. The molecular formula is C12H13NO3. The van der Waals surface area contributed by atoms with Crippen molar-refractivity contribution >= 4 is 17.4 Å². The Labute approximate surface area is 93.8 Å². The molecule has 1 amide bonds. The normalized spacial score (nSPS) is 14.4. The molecule has 1 aromatic carbocycles. The molecule has 4 heteroatoms. The number of fused-ring (bicyclic) bond motifs is 1. The Balaban J connectivity index is 2.36. The lowest BCUT2D eigenvalue weighted by Crippen LogP contribution is -2.35. The molecule has 0 saturated heterocycles. The molecule has 0 spiro atoms. The standard InChI is InChI=1S/C12H13NO3/c1-8(14)5-9-3-4-11-10(6-9)13(2)12(15)7-16-11/h3-4,6H,5,7H2,1-2H3. The number of likely N-dealkylation sites (N-methyl/N-ethyl adjacent to an activating group) is 1. The van der Waals surface area contributed by atoms with Gasteiger partial charge in [0.25, 0.3) is 5.91 Å². The summed E-state index contributed by atoms with van der Waals surface area (Å²) in [4.78, 5) is 24.0. The SMILES string of the molecule is CC(=O)Cc1ccc2c(c1)N(C)C(=O)CO2. The number of carbonyl (C=O) groups excluding carboxylic acids is 2. The van der Waals surface area contributed by atoms with Gasteiger partial charge in [-0.15, -0.1) is 0 Å². The van der Waals surface area contributed by atoms with Crippen molar-refractivity contribution in [1.29, 1.82) is 0 Å². The highest BCUT2D eigenvalue weighted by Crippen LogP contribution is 2.31. The molecule has 84 valence electrons. The summed E-state index contributed by atoms with van der Waals surface area (Å²) in [6.07, 6.45) is 0.384. The molecule has 0 atom stereocenters. The summed E-state index contributed by atoms with van der Waals surface area (Å²) in [6.45, 7) is 1.63. The third kappa shape index (κ3) is 1.91. The lowest BCUT2D eigenvalue weighted by molar-refractivity contribution is -0.121. The van der Waals surface area contributed by atoms with Crippen LogP contribution in [-0.2, 0) is 16.0 Å². The maximum Gasteiger partial charge on any atom is 0.264 e. The molecule has 2 rings (SSSR count). The summed E-state index contributed by atoms with van der Waals surface area (Å²) >= 11 is 0. The second-order valence-corrected chi connectivity index (χ2v) is 3.92. The van der Waals surface area contributed by atoms with Crippen LogP contribution in [-0.4, -0.2) is 25.3 Å². The number of amides is 1. The van der Waals surface area contributed by atoms with Gasteiger partial charge in [0.05, 0.1) is 5.69 Å². The van der Waals surface area contributed by atoms with Crippen LogP contribution >= 0.6 is 0 Å². The van der Waals surface area contributed by atoms with Crippen molar-refractivity contribution in [2.24, 2.45) is 0 Å². The molecule has 0 radical (unpaired) electrons. The Morgan fingerprint density at radius 1 is 1.50 bits per heavy atom. The van der Waals surface area contributed by atoms with Crippen LogP contribution in [0.15, 0.2) is 18.2 Å². The minimum atomic E-state index is -0.0764. The molecule has 0 N–H and O–H groups in total. The zero-order valence-corrected chi connectivity index (χ0v) is 9.32. The van der Waals surface area contributed by atoms with E-state index in [0.29, 0.717) is 12.2 Å². The highest BCUT2D eigenvalue weighted by atomic mass is 16.5. The summed E-state index contributed by atoms with van der Waals surface area (Å²) in [7, 11) is 1.71. The lowest BCUT2D eigenvalue weighted by Gasteiger charge is -2.26. The molecule has 0 fully saturated rings. The van der Waals surface area contributed by atoms with Crippen LogP contribution in [0.25, 0.3) is 0 Å². The number of hydrogen-bond donors (Lipinski definition) is 0. The molecule has 1 aliphatic heterocycles. The third-order valence-corrected chi connectivity index (χ3v) is 2.56. The van der Waals surface area contributed by atoms with Gasteiger partial charge in [-0.3, -0.25) is 9.59 Å². The van der Waals surface area contributed by atoms with Gasteiger partial charge in [0, 0.05) is 13.5 Å². The number of carbonyl (C=O) groups is 2. The van der Waals surface area contributed by atoms with Gasteiger partial charge in [0.2, 0.25) is 0 Å². The van der Waals surface area contributed by atoms with Gasteiger partial charge in [0.15, 0.2) is 6.61 Å². The highest BCUT2D eigenvalue weighted by Gasteiger charge is 2.22. The van der Waals surface area contributed by atoms with Crippen LogP contribution in [0.2, 0.25) is 0 Å². The molecular weight excluding hydrogens is 206 g/mol. The average molecular weight is 219 g/mol. The van der Waals surface area contributed by atoms with E-state index in [1.807, 2.05) is 12.1 Å². The highest BCUT2D eigenvalue weighted by molar-refractivity contribution is 5.97. The van der Waals surface area contributed by atoms with E-state index in [1.165, 1.54) is 0 Å². The molecule has 1 aliphatic rings. The molecule has 1 heterocycles. The second kappa shape index (κ2) is 3.96. The van der Waals surface area contributed by atoms with Crippen molar-refractivity contribution in [2.45, 2.75) is 13.3 Å². The Morgan fingerprint density at radius 2 is 2.25 bits per heavy atom. The maximum atomic E-state index is 11.4. The summed E-state index contributed by atoms with van der Waals surface area (Å²) < 4.78 is 5.29. The van der Waals surface area contributed by atoms with Gasteiger partial charge in [-0.2, -0.15) is 0 Å². The number of rotatable bonds is 2. The number of benzene rings is 1. The molecule has 16 heavy (non-hydrogen) atoms. The van der Waals surface area contributed by atoms with Gasteiger partial charge in [0.1, 0.15) is 11.5 Å². The summed E-state index contributed by atoms with van der Waals surface area (Å²) in [6, 6.07) is 5.48. The van der Waals surface area contributed by atoms with E-state index in [-0.39, 0.29) is 18.3 Å². The minimum absolute atomic E-state index is 0.0764. The number of nitrogens with zero attached hydrogens (tertiary/aromatic N) is 1. The van der Waals surface area contributed by atoms with Crippen LogP contribution < -0.4 is 9.64 Å². The first-order valence-corrected chi connectivity index (χ1v) is 5.09. The first kappa shape index (κ1) is 10.7. The van der Waals surface area contributed by atoms with E-state index in [1.54, 1.807) is 24.9 Å². The van der Waals surface area contributed by atoms with E-state index in [4.69, 9.17) is 4.74 Å². The summed E-state index contributed by atoms with van der Waals surface area (Å²) in [5.41, 5.74) is 1.63. The maximum absolute atomic E-state index is 11.4. The molecule has 0 aromatic heterocycles. The largest absolute Gasteiger partial charge is 0.482 e. The third-order valence-electron chi connectivity index (χ3n) is 2.56. The first-order valence-electron chi connectivity index (χ1n) is 5.09.